The lowest BCUT2D eigenvalue weighted by Crippen LogP contribution is -2.12. The van der Waals surface area contributed by atoms with Crippen LogP contribution in [0.15, 0.2) is 0 Å². The minimum atomic E-state index is 1.22. The fraction of sp³-hybridized carbons (Fsp3) is 0.833. The number of rotatable bonds is 0. The van der Waals surface area contributed by atoms with Crippen molar-refractivity contribution in [2.75, 3.05) is 20.1 Å². The molecule has 1 heteroatoms. The molecule has 1 saturated heterocycles. The summed E-state index contributed by atoms with van der Waals surface area (Å²) in [6, 6.07) is 0. The van der Waals surface area contributed by atoms with Crippen LogP contribution in [0.5, 0.6) is 0 Å². The predicted octanol–water partition coefficient (Wildman–Crippen LogP) is 0.916. The highest BCUT2D eigenvalue weighted by Gasteiger charge is 2.13. The van der Waals surface area contributed by atoms with Crippen LogP contribution >= 0.6 is 0 Å². The van der Waals surface area contributed by atoms with E-state index in [1.54, 1.807) is 5.92 Å². The third-order valence-electron chi connectivity index (χ3n) is 1.46. The predicted molar refractivity (Wildman–Crippen MR) is 31.0 cm³/mol. The SMILES string of the molecule is C[C]1CCN(C)C1. The molecule has 1 aliphatic heterocycles. The average molecular weight is 98.2 g/mol. The zero-order valence-electron chi connectivity index (χ0n) is 5.07. The third kappa shape index (κ3) is 1.16. The van der Waals surface area contributed by atoms with Gasteiger partial charge in [0.25, 0.3) is 0 Å². The van der Waals surface area contributed by atoms with Crippen molar-refractivity contribution in [3.8, 4) is 0 Å². The van der Waals surface area contributed by atoms with E-state index in [1.807, 2.05) is 0 Å². The van der Waals surface area contributed by atoms with Gasteiger partial charge in [0.05, 0.1) is 0 Å². The first kappa shape index (κ1) is 5.10. The van der Waals surface area contributed by atoms with Gasteiger partial charge in [-0.25, -0.2) is 0 Å². The maximum Gasteiger partial charge on any atom is 0.00385 e. The summed E-state index contributed by atoms with van der Waals surface area (Å²) in [4.78, 5) is 2.34. The van der Waals surface area contributed by atoms with E-state index in [0.29, 0.717) is 0 Å². The van der Waals surface area contributed by atoms with E-state index in [2.05, 4.69) is 18.9 Å². The first-order valence-corrected chi connectivity index (χ1v) is 2.79. The second-order valence-corrected chi connectivity index (χ2v) is 2.44. The molecule has 1 rings (SSSR count). The maximum atomic E-state index is 2.34. The Hall–Kier alpha value is -0.0400. The number of nitrogens with zero attached hydrogens (tertiary/aromatic N) is 1. The Morgan fingerprint density at radius 3 is 2.43 bits per heavy atom. The summed E-state index contributed by atoms with van der Waals surface area (Å²) in [6.07, 6.45) is 1.32. The van der Waals surface area contributed by atoms with Crippen LogP contribution in [0.4, 0.5) is 0 Å². The monoisotopic (exact) mass is 98.1 g/mol. The Morgan fingerprint density at radius 2 is 2.29 bits per heavy atom. The molecule has 0 atom stereocenters. The van der Waals surface area contributed by atoms with Crippen LogP contribution in [0.2, 0.25) is 0 Å². The van der Waals surface area contributed by atoms with Gasteiger partial charge in [-0.15, -0.1) is 0 Å². The first-order chi connectivity index (χ1) is 3.29. The molecule has 41 valence electrons. The fourth-order valence-electron chi connectivity index (χ4n) is 1.00. The van der Waals surface area contributed by atoms with E-state index in [0.717, 1.165) is 0 Å². The quantitative estimate of drug-likeness (QED) is 0.435. The molecule has 1 nitrogen and oxygen atoms in total. The summed E-state index contributed by atoms with van der Waals surface area (Å²) in [5, 5.41) is 0. The Labute approximate surface area is 45.3 Å². The lowest BCUT2D eigenvalue weighted by Gasteiger charge is -2.03. The average Bonchev–Trinajstić information content (AvgIpc) is 1.87. The lowest BCUT2D eigenvalue weighted by atomic mass is 10.2. The molecule has 0 spiro atoms. The lowest BCUT2D eigenvalue weighted by molar-refractivity contribution is 0.421. The Bertz CT molecular complexity index is 53.2. The Balaban J connectivity index is 2.26. The van der Waals surface area contributed by atoms with E-state index in [4.69, 9.17) is 0 Å². The van der Waals surface area contributed by atoms with Gasteiger partial charge in [0, 0.05) is 6.54 Å². The van der Waals surface area contributed by atoms with Crippen molar-refractivity contribution < 1.29 is 0 Å². The number of hydrogen-bond acceptors (Lipinski definition) is 1. The molecule has 0 N–H and O–H groups in total. The standard InChI is InChI=1S/C6H12N/c1-6-3-4-7(2)5-6/h3-5H2,1-2H3. The van der Waals surface area contributed by atoms with Crippen molar-refractivity contribution in [1.82, 2.24) is 4.90 Å². The van der Waals surface area contributed by atoms with Crippen LogP contribution < -0.4 is 0 Å². The Morgan fingerprint density at radius 1 is 1.57 bits per heavy atom. The number of likely N-dealkylation sites (tertiary alicyclic amines) is 1. The minimum absolute atomic E-state index is 1.22. The molecule has 7 heavy (non-hydrogen) atoms. The summed E-state index contributed by atoms with van der Waals surface area (Å²) in [6.45, 7) is 4.72. The van der Waals surface area contributed by atoms with Gasteiger partial charge in [-0.05, 0) is 25.9 Å². The summed E-state index contributed by atoms with van der Waals surface area (Å²) >= 11 is 0. The van der Waals surface area contributed by atoms with Crippen molar-refractivity contribution >= 4 is 0 Å². The molecule has 1 radical (unpaired) electrons. The van der Waals surface area contributed by atoms with Gasteiger partial charge in [-0.3, -0.25) is 0 Å². The smallest absolute Gasteiger partial charge is 0.00385 e. The zero-order chi connectivity index (χ0) is 5.28. The molecular formula is C6H12N. The molecule has 0 unspecified atom stereocenters. The summed E-state index contributed by atoms with van der Waals surface area (Å²) in [5.41, 5.74) is 0. The normalized spacial score (nSPS) is 26.6. The van der Waals surface area contributed by atoms with Gasteiger partial charge in [-0.1, -0.05) is 6.92 Å². The molecule has 0 aliphatic carbocycles. The second-order valence-electron chi connectivity index (χ2n) is 2.44. The van der Waals surface area contributed by atoms with Gasteiger partial charge in [0.15, 0.2) is 0 Å². The van der Waals surface area contributed by atoms with Crippen LogP contribution in [-0.4, -0.2) is 25.0 Å². The molecule has 1 fully saturated rings. The van der Waals surface area contributed by atoms with Crippen molar-refractivity contribution in [2.45, 2.75) is 13.3 Å². The fourth-order valence-corrected chi connectivity index (χ4v) is 1.00. The molecule has 0 aromatic carbocycles. The van der Waals surface area contributed by atoms with Crippen LogP contribution in [0.25, 0.3) is 0 Å². The largest absolute Gasteiger partial charge is 0.306 e. The van der Waals surface area contributed by atoms with Gasteiger partial charge in [0.1, 0.15) is 0 Å². The highest BCUT2D eigenvalue weighted by molar-refractivity contribution is 4.93. The van der Waals surface area contributed by atoms with Crippen molar-refractivity contribution in [2.24, 2.45) is 0 Å². The molecule has 0 saturated carbocycles. The first-order valence-electron chi connectivity index (χ1n) is 2.79. The third-order valence-corrected chi connectivity index (χ3v) is 1.46. The summed E-state index contributed by atoms with van der Waals surface area (Å²) in [5.74, 6) is 1.63. The molecular weight excluding hydrogens is 86.1 g/mol. The van der Waals surface area contributed by atoms with Gasteiger partial charge < -0.3 is 4.90 Å². The van der Waals surface area contributed by atoms with E-state index in [1.165, 1.54) is 19.5 Å². The van der Waals surface area contributed by atoms with Crippen LogP contribution in [0.1, 0.15) is 13.3 Å². The van der Waals surface area contributed by atoms with Crippen LogP contribution in [0, 0.1) is 5.92 Å². The van der Waals surface area contributed by atoms with Crippen LogP contribution in [0.3, 0.4) is 0 Å². The van der Waals surface area contributed by atoms with Gasteiger partial charge in [0.2, 0.25) is 0 Å². The van der Waals surface area contributed by atoms with Crippen LogP contribution in [-0.2, 0) is 0 Å². The van der Waals surface area contributed by atoms with E-state index in [9.17, 15) is 0 Å². The molecule has 0 bridgehead atoms. The highest BCUT2D eigenvalue weighted by atomic mass is 15.1. The molecule has 1 aliphatic rings. The summed E-state index contributed by atoms with van der Waals surface area (Å²) in [7, 11) is 2.16. The van der Waals surface area contributed by atoms with Gasteiger partial charge >= 0.3 is 0 Å². The van der Waals surface area contributed by atoms with Gasteiger partial charge in [-0.2, -0.15) is 0 Å². The second kappa shape index (κ2) is 1.83. The van der Waals surface area contributed by atoms with E-state index in [-0.39, 0.29) is 0 Å². The molecule has 0 amide bonds. The Kier molecular flexibility index (Phi) is 1.33. The van der Waals surface area contributed by atoms with E-state index < -0.39 is 0 Å². The summed E-state index contributed by atoms with van der Waals surface area (Å²) < 4.78 is 0. The van der Waals surface area contributed by atoms with Crippen molar-refractivity contribution in [1.29, 1.82) is 0 Å². The zero-order valence-corrected chi connectivity index (χ0v) is 5.07. The molecule has 1 heterocycles. The highest BCUT2D eigenvalue weighted by Crippen LogP contribution is 2.13. The molecule has 0 aromatic heterocycles. The molecule has 0 aromatic rings. The van der Waals surface area contributed by atoms with Crippen molar-refractivity contribution in [3.05, 3.63) is 5.92 Å². The van der Waals surface area contributed by atoms with Crippen molar-refractivity contribution in [3.63, 3.8) is 0 Å². The number of hydrogen-bond donors (Lipinski definition) is 0. The minimum Gasteiger partial charge on any atom is -0.306 e. The topological polar surface area (TPSA) is 3.24 Å². The maximum absolute atomic E-state index is 2.34. The van der Waals surface area contributed by atoms with E-state index >= 15 is 0 Å².